The third kappa shape index (κ3) is 4.65. The minimum absolute atomic E-state index is 0.0215. The molecule has 0 radical (unpaired) electrons. The van der Waals surface area contributed by atoms with E-state index in [2.05, 4.69) is 13.5 Å². The van der Waals surface area contributed by atoms with E-state index in [0.717, 1.165) is 25.7 Å². The second kappa shape index (κ2) is 9.84. The molecular weight excluding hydrogens is 433 g/mol. The van der Waals surface area contributed by atoms with Gasteiger partial charge in [-0.3, -0.25) is 0 Å². The normalized spacial score (nSPS) is 28.9. The van der Waals surface area contributed by atoms with E-state index in [1.54, 1.807) is 12.1 Å². The average Bonchev–Trinajstić information content (AvgIpc) is 2.81. The van der Waals surface area contributed by atoms with Crippen LogP contribution < -0.4 is 9.47 Å². The Labute approximate surface area is 193 Å². The van der Waals surface area contributed by atoms with Crippen molar-refractivity contribution in [3.8, 4) is 11.5 Å². The van der Waals surface area contributed by atoms with Crippen molar-refractivity contribution in [3.63, 3.8) is 0 Å². The smallest absolute Gasteiger partial charge is 0.207 e. The first-order valence-corrected chi connectivity index (χ1v) is 11.6. The summed E-state index contributed by atoms with van der Waals surface area (Å²) in [5.41, 5.74) is -1.10. The Morgan fingerprint density at radius 2 is 2.03 bits per heavy atom. The topological polar surface area (TPSA) is 36.9 Å². The molecule has 1 aromatic carbocycles. The highest BCUT2D eigenvalue weighted by atomic mass is 19.2. The molecular formula is C26H31F3O4. The van der Waals surface area contributed by atoms with Crippen molar-refractivity contribution in [1.29, 1.82) is 0 Å². The van der Waals surface area contributed by atoms with Gasteiger partial charge >= 0.3 is 0 Å². The van der Waals surface area contributed by atoms with Crippen LogP contribution in [0.5, 0.6) is 11.5 Å². The molecule has 4 unspecified atom stereocenters. The number of fused-ring (bicyclic) bond motifs is 2. The Kier molecular flexibility index (Phi) is 7.07. The van der Waals surface area contributed by atoms with E-state index >= 15 is 4.39 Å². The van der Waals surface area contributed by atoms with Gasteiger partial charge in [0.1, 0.15) is 6.61 Å². The molecule has 33 heavy (non-hydrogen) atoms. The molecule has 0 amide bonds. The number of benzene rings is 1. The predicted molar refractivity (Wildman–Crippen MR) is 119 cm³/mol. The molecule has 2 aliphatic heterocycles. The van der Waals surface area contributed by atoms with Crippen LogP contribution in [0, 0.1) is 17.7 Å². The summed E-state index contributed by atoms with van der Waals surface area (Å²) in [5, 5.41) is 0. The lowest BCUT2D eigenvalue weighted by Gasteiger charge is -2.42. The van der Waals surface area contributed by atoms with Crippen LogP contribution in [-0.2, 0) is 15.9 Å². The van der Waals surface area contributed by atoms with E-state index in [1.807, 2.05) is 0 Å². The summed E-state index contributed by atoms with van der Waals surface area (Å²) in [7, 11) is 0. The van der Waals surface area contributed by atoms with Crippen LogP contribution >= 0.6 is 0 Å². The summed E-state index contributed by atoms with van der Waals surface area (Å²) in [4.78, 5) is 0. The van der Waals surface area contributed by atoms with Gasteiger partial charge in [0, 0.05) is 11.8 Å². The predicted octanol–water partition coefficient (Wildman–Crippen LogP) is 6.36. The van der Waals surface area contributed by atoms with Gasteiger partial charge in [-0.15, -0.1) is 0 Å². The zero-order chi connectivity index (χ0) is 23.6. The van der Waals surface area contributed by atoms with E-state index in [1.165, 1.54) is 19.1 Å². The largest absolute Gasteiger partial charge is 0.490 e. The molecule has 1 aliphatic carbocycles. The molecule has 0 spiro atoms. The van der Waals surface area contributed by atoms with Crippen molar-refractivity contribution in [1.82, 2.24) is 0 Å². The number of hydrogen-bond donors (Lipinski definition) is 0. The Morgan fingerprint density at radius 3 is 2.73 bits per heavy atom. The Hall–Kier alpha value is -2.41. The maximum atomic E-state index is 15.2. The van der Waals surface area contributed by atoms with Crippen LogP contribution in [0.4, 0.5) is 13.2 Å². The zero-order valence-corrected chi connectivity index (χ0v) is 19.2. The average molecular weight is 465 g/mol. The van der Waals surface area contributed by atoms with E-state index in [-0.39, 0.29) is 48.9 Å². The van der Waals surface area contributed by atoms with Gasteiger partial charge in [-0.25, -0.2) is 4.39 Å². The number of allylic oxidation sites excluding steroid dienone is 1. The second-order valence-corrected chi connectivity index (χ2v) is 9.14. The first-order valence-electron chi connectivity index (χ1n) is 11.6. The van der Waals surface area contributed by atoms with Crippen molar-refractivity contribution in [2.45, 2.75) is 57.7 Å². The fourth-order valence-corrected chi connectivity index (χ4v) is 4.70. The molecule has 3 aliphatic rings. The summed E-state index contributed by atoms with van der Waals surface area (Å²) in [6.45, 7) is 8.03. The van der Waals surface area contributed by atoms with Gasteiger partial charge < -0.3 is 18.9 Å². The summed E-state index contributed by atoms with van der Waals surface area (Å²) in [5.74, 6) is -3.59. The van der Waals surface area contributed by atoms with E-state index in [0.29, 0.717) is 12.2 Å². The van der Waals surface area contributed by atoms with Gasteiger partial charge in [0.15, 0.2) is 34.5 Å². The molecule has 1 aromatic rings. The molecule has 1 fully saturated rings. The number of rotatable bonds is 8. The van der Waals surface area contributed by atoms with Gasteiger partial charge in [0.05, 0.1) is 19.3 Å². The monoisotopic (exact) mass is 464 g/mol. The number of halogens is 3. The lowest BCUT2D eigenvalue weighted by atomic mass is 9.77. The Morgan fingerprint density at radius 1 is 1.21 bits per heavy atom. The molecule has 1 saturated heterocycles. The SMILES string of the molecule is C=CCOc1ccc2c(c1F)OC1(C)C(F)=C(F)C(OCC3CCC(CCC)OC3)=CC1C2. The lowest BCUT2D eigenvalue weighted by molar-refractivity contribution is -0.0388. The summed E-state index contributed by atoms with van der Waals surface area (Å²) in [6, 6.07) is 3.19. The maximum Gasteiger partial charge on any atom is 0.207 e. The van der Waals surface area contributed by atoms with Crippen LogP contribution in [0.3, 0.4) is 0 Å². The first kappa shape index (κ1) is 23.7. The van der Waals surface area contributed by atoms with Crippen LogP contribution in [0.2, 0.25) is 0 Å². The van der Waals surface area contributed by atoms with Crippen LogP contribution in [0.15, 0.2) is 48.3 Å². The van der Waals surface area contributed by atoms with Gasteiger partial charge in [0.2, 0.25) is 5.82 Å². The molecule has 0 aromatic heterocycles. The Balaban J connectivity index is 1.49. The molecule has 4 rings (SSSR count). The summed E-state index contributed by atoms with van der Waals surface area (Å²) < 4.78 is 67.8. The van der Waals surface area contributed by atoms with Gasteiger partial charge in [-0.1, -0.05) is 32.1 Å². The molecule has 4 atom stereocenters. The van der Waals surface area contributed by atoms with Gasteiger partial charge in [-0.05, 0) is 50.3 Å². The fraction of sp³-hybridized carbons (Fsp3) is 0.538. The third-order valence-electron chi connectivity index (χ3n) is 6.71. The first-order chi connectivity index (χ1) is 15.9. The number of hydrogen-bond acceptors (Lipinski definition) is 4. The summed E-state index contributed by atoms with van der Waals surface area (Å²) >= 11 is 0. The lowest BCUT2D eigenvalue weighted by Crippen LogP contribution is -2.47. The highest BCUT2D eigenvalue weighted by molar-refractivity contribution is 5.48. The minimum atomic E-state index is -1.66. The highest BCUT2D eigenvalue weighted by Gasteiger charge is 2.50. The van der Waals surface area contributed by atoms with E-state index < -0.39 is 29.0 Å². The Bertz CT molecular complexity index is 949. The molecule has 0 bridgehead atoms. The van der Waals surface area contributed by atoms with Crippen molar-refractivity contribution < 1.29 is 32.1 Å². The van der Waals surface area contributed by atoms with E-state index in [4.69, 9.17) is 18.9 Å². The quantitative estimate of drug-likeness (QED) is 0.420. The van der Waals surface area contributed by atoms with Crippen molar-refractivity contribution in [3.05, 3.63) is 59.7 Å². The zero-order valence-electron chi connectivity index (χ0n) is 19.2. The number of ether oxygens (including phenoxy) is 4. The van der Waals surface area contributed by atoms with Crippen LogP contribution in [-0.4, -0.2) is 31.5 Å². The molecule has 7 heteroatoms. The van der Waals surface area contributed by atoms with Crippen LogP contribution in [0.1, 0.15) is 45.1 Å². The standard InChI is InChI=1S/C26H31F3O4/c1-4-6-19-9-7-16(14-31-19)15-32-21-13-18-12-17-8-10-20(30-11-5-2)22(27)24(17)33-26(18,3)25(29)23(21)28/h5,8,10,13,16,18-19H,2,4,6-7,9,11-12,14-15H2,1,3H3. The highest BCUT2D eigenvalue weighted by Crippen LogP contribution is 2.49. The molecule has 2 heterocycles. The van der Waals surface area contributed by atoms with Crippen molar-refractivity contribution in [2.24, 2.45) is 11.8 Å². The molecule has 0 N–H and O–H groups in total. The molecule has 180 valence electrons. The maximum absolute atomic E-state index is 15.2. The second-order valence-electron chi connectivity index (χ2n) is 9.14. The fourth-order valence-electron chi connectivity index (χ4n) is 4.70. The van der Waals surface area contributed by atoms with Gasteiger partial charge in [0.25, 0.3) is 0 Å². The van der Waals surface area contributed by atoms with Gasteiger partial charge in [-0.2, -0.15) is 8.78 Å². The summed E-state index contributed by atoms with van der Waals surface area (Å²) in [6.07, 6.45) is 7.59. The molecule has 4 nitrogen and oxygen atoms in total. The third-order valence-corrected chi connectivity index (χ3v) is 6.71. The van der Waals surface area contributed by atoms with Crippen molar-refractivity contribution >= 4 is 0 Å². The van der Waals surface area contributed by atoms with Crippen LogP contribution in [0.25, 0.3) is 0 Å². The minimum Gasteiger partial charge on any atom is -0.490 e. The van der Waals surface area contributed by atoms with E-state index in [9.17, 15) is 8.78 Å². The van der Waals surface area contributed by atoms with Crippen molar-refractivity contribution in [2.75, 3.05) is 19.8 Å². The molecule has 0 saturated carbocycles.